The maximum Gasteiger partial charge on any atom is 0.243 e. The summed E-state index contributed by atoms with van der Waals surface area (Å²) in [5, 5.41) is 15.2. The number of rotatable bonds is 24. The number of nitrogens with one attached hydrogen (secondary N) is 5. The zero-order valence-corrected chi connectivity index (χ0v) is 37.0. The molecule has 0 radical (unpaired) electrons. The van der Waals surface area contributed by atoms with E-state index in [2.05, 4.69) is 46.4 Å². The van der Waals surface area contributed by atoms with Gasteiger partial charge in [0.15, 0.2) is 0 Å². The van der Waals surface area contributed by atoms with Gasteiger partial charge < -0.3 is 36.1 Å². The van der Waals surface area contributed by atoms with Crippen LogP contribution in [0.1, 0.15) is 91.2 Å². The number of benzene rings is 2. The van der Waals surface area contributed by atoms with Crippen molar-refractivity contribution >= 4 is 29.5 Å². The number of carbonyl (C=O) groups is 5. The van der Waals surface area contributed by atoms with Crippen LogP contribution >= 0.6 is 0 Å². The topological polar surface area (TPSA) is 170 Å². The van der Waals surface area contributed by atoms with Gasteiger partial charge in [0.05, 0.1) is 32.4 Å². The fourth-order valence-corrected chi connectivity index (χ4v) is 7.65. The highest BCUT2D eigenvalue weighted by Crippen LogP contribution is 2.40. The third-order valence-electron chi connectivity index (χ3n) is 10.9. The average Bonchev–Trinajstić information content (AvgIpc) is 3.98. The van der Waals surface area contributed by atoms with Crippen LogP contribution in [0.2, 0.25) is 0 Å². The molecule has 0 aliphatic carbocycles. The molecule has 0 spiro atoms. The van der Waals surface area contributed by atoms with Crippen molar-refractivity contribution in [3.05, 3.63) is 83.1 Å². The molecule has 2 heterocycles. The largest absolute Gasteiger partial charge is 0.379 e. The van der Waals surface area contributed by atoms with Gasteiger partial charge in [0.2, 0.25) is 29.5 Å². The van der Waals surface area contributed by atoms with E-state index in [4.69, 9.17) is 15.9 Å². The molecule has 61 heavy (non-hydrogen) atoms. The Morgan fingerprint density at radius 2 is 1.30 bits per heavy atom. The van der Waals surface area contributed by atoms with Crippen molar-refractivity contribution in [2.75, 3.05) is 39.5 Å². The Bertz CT molecular complexity index is 1820. The number of aryl methyl sites for hydroxylation is 1. The molecule has 2 aromatic rings. The van der Waals surface area contributed by atoms with Crippen LogP contribution in [0.4, 0.5) is 0 Å². The van der Waals surface area contributed by atoms with Gasteiger partial charge in [-0.1, -0.05) is 95.3 Å². The third-order valence-corrected chi connectivity index (χ3v) is 10.9. The van der Waals surface area contributed by atoms with Crippen molar-refractivity contribution in [3.63, 3.8) is 0 Å². The van der Waals surface area contributed by atoms with Gasteiger partial charge in [-0.3, -0.25) is 28.9 Å². The van der Waals surface area contributed by atoms with Gasteiger partial charge in [-0.25, -0.2) is 0 Å². The summed E-state index contributed by atoms with van der Waals surface area (Å²) < 4.78 is 11.4. The molecular weight excluding hydrogens is 773 g/mol. The fourth-order valence-electron chi connectivity index (χ4n) is 7.65. The molecule has 5 unspecified atom stereocenters. The number of terminal acetylenes is 1. The van der Waals surface area contributed by atoms with E-state index in [0.29, 0.717) is 77.1 Å². The van der Waals surface area contributed by atoms with Crippen molar-refractivity contribution in [3.8, 4) is 12.3 Å². The molecule has 13 nitrogen and oxygen atoms in total. The number of ether oxygens (including phenoxy) is 2. The number of hydrogen-bond donors (Lipinski definition) is 5. The quantitative estimate of drug-likeness (QED) is 0.0774. The molecule has 0 aromatic heterocycles. The van der Waals surface area contributed by atoms with Gasteiger partial charge in [-0.2, -0.15) is 0 Å². The van der Waals surface area contributed by atoms with Crippen LogP contribution in [0, 0.1) is 24.2 Å². The highest BCUT2D eigenvalue weighted by molar-refractivity contribution is 5.94. The number of nitrogens with zero attached hydrogens (tertiary/aromatic N) is 1. The molecule has 2 aliphatic heterocycles. The van der Waals surface area contributed by atoms with E-state index in [1.807, 2.05) is 93.3 Å². The Balaban J connectivity index is 1.60. The molecule has 2 fully saturated rings. The lowest BCUT2D eigenvalue weighted by molar-refractivity contribution is -0.134. The summed E-state index contributed by atoms with van der Waals surface area (Å²) in [4.78, 5) is 71.5. The van der Waals surface area contributed by atoms with E-state index in [1.54, 1.807) is 0 Å². The maximum atomic E-state index is 14.6. The molecule has 13 heteroatoms. The van der Waals surface area contributed by atoms with Crippen LogP contribution in [0.3, 0.4) is 0 Å². The van der Waals surface area contributed by atoms with E-state index in [1.165, 1.54) is 0 Å². The number of morpholine rings is 1. The first-order chi connectivity index (χ1) is 29.2. The Hall–Kier alpha value is -5.03. The van der Waals surface area contributed by atoms with Gasteiger partial charge in [0.25, 0.3) is 0 Å². The molecule has 5 atom stereocenters. The first kappa shape index (κ1) is 48.6. The van der Waals surface area contributed by atoms with Gasteiger partial charge in [0.1, 0.15) is 23.7 Å². The van der Waals surface area contributed by atoms with Gasteiger partial charge in [0, 0.05) is 43.6 Å². The minimum atomic E-state index is -1.03. The second-order valence-electron chi connectivity index (χ2n) is 17.2. The first-order valence-corrected chi connectivity index (χ1v) is 21.9. The van der Waals surface area contributed by atoms with Crippen LogP contribution in [0.5, 0.6) is 0 Å². The normalized spacial score (nSPS) is 18.7. The van der Waals surface area contributed by atoms with E-state index in [-0.39, 0.29) is 43.0 Å². The molecule has 5 N–H and O–H groups in total. The lowest BCUT2D eigenvalue weighted by Crippen LogP contribution is -2.58. The highest BCUT2D eigenvalue weighted by Gasteiger charge is 2.48. The van der Waals surface area contributed by atoms with Gasteiger partial charge in [-0.05, 0) is 62.0 Å². The Kier molecular flexibility index (Phi) is 19.5. The van der Waals surface area contributed by atoms with Crippen LogP contribution in [-0.4, -0.2) is 104 Å². The van der Waals surface area contributed by atoms with Crippen LogP contribution in [-0.2, 0) is 46.3 Å². The molecule has 2 aliphatic rings. The summed E-state index contributed by atoms with van der Waals surface area (Å²) in [6.45, 7) is 14.8. The molecular formula is C48H68N6O7. The van der Waals surface area contributed by atoms with Crippen molar-refractivity contribution in [1.29, 1.82) is 0 Å². The molecule has 2 saturated heterocycles. The van der Waals surface area contributed by atoms with Crippen molar-refractivity contribution in [1.82, 2.24) is 31.5 Å². The smallest absolute Gasteiger partial charge is 0.243 e. The Morgan fingerprint density at radius 1 is 0.754 bits per heavy atom. The van der Waals surface area contributed by atoms with Crippen LogP contribution in [0.15, 0.2) is 71.9 Å². The summed E-state index contributed by atoms with van der Waals surface area (Å²) in [5.41, 5.74) is 2.62. The minimum Gasteiger partial charge on any atom is -0.379 e. The molecule has 4 rings (SSSR count). The Morgan fingerprint density at radius 3 is 1.87 bits per heavy atom. The number of epoxide rings is 1. The first-order valence-electron chi connectivity index (χ1n) is 21.9. The van der Waals surface area contributed by atoms with E-state index >= 15 is 0 Å². The predicted molar refractivity (Wildman–Crippen MR) is 237 cm³/mol. The number of amides is 5. The molecule has 0 bridgehead atoms. The predicted octanol–water partition coefficient (Wildman–Crippen LogP) is 4.21. The summed E-state index contributed by atoms with van der Waals surface area (Å²) in [7, 11) is 0. The van der Waals surface area contributed by atoms with E-state index < -0.39 is 47.5 Å². The molecule has 5 amide bonds. The van der Waals surface area contributed by atoms with Crippen molar-refractivity contribution in [2.45, 2.75) is 123 Å². The second kappa shape index (κ2) is 24.4. The van der Waals surface area contributed by atoms with Crippen molar-refractivity contribution < 1.29 is 33.4 Å². The maximum absolute atomic E-state index is 14.6. The number of carbonyl (C=O) groups excluding carboxylic acids is 5. The molecule has 332 valence electrons. The standard InChI is InChI=1S/C48H68N6O7/c1-8-10-21-42(55)49-37(9-2)44(48(7)32-61-48)39(28-33(3)4)51-47(59)41(30-36-19-15-12-16-20-36)53-46(58)40(29-34(5)6)52-45(57)38(23-22-35-17-13-11-14-18-35)50-43(56)31-54-24-26-60-27-25-54/h1,11-20,33-34,38-41H,9-10,21-32H2,2-7H3,(H,49,55)(H,50,56)(H,51,59)(H,52,57)(H,53,58). The molecule has 2 aromatic carbocycles. The van der Waals surface area contributed by atoms with Crippen LogP contribution in [0.25, 0.3) is 0 Å². The monoisotopic (exact) mass is 841 g/mol. The summed E-state index contributed by atoms with van der Waals surface area (Å²) in [6, 6.07) is 15.7. The highest BCUT2D eigenvalue weighted by atomic mass is 16.6. The lowest BCUT2D eigenvalue weighted by atomic mass is 9.86. The SMILES string of the molecule is C#CCCC(=O)NC(CC)=C(C(CC(C)C)NC(=O)C(Cc1ccccc1)NC(=O)C(CC(C)C)NC(=O)C(CCc1ccccc1)NC(=O)CN1CCOCC1)C1(C)CO1. The lowest BCUT2D eigenvalue weighted by Gasteiger charge is -2.31. The fraction of sp³-hybridized carbons (Fsp3) is 0.562. The van der Waals surface area contributed by atoms with E-state index in [9.17, 15) is 24.0 Å². The molecule has 0 saturated carbocycles. The van der Waals surface area contributed by atoms with Crippen molar-refractivity contribution in [2.24, 2.45) is 11.8 Å². The van der Waals surface area contributed by atoms with Crippen LogP contribution < -0.4 is 26.6 Å². The average molecular weight is 841 g/mol. The van der Waals surface area contributed by atoms with Gasteiger partial charge >= 0.3 is 0 Å². The van der Waals surface area contributed by atoms with E-state index in [0.717, 1.165) is 16.7 Å². The minimum absolute atomic E-state index is 0.00171. The summed E-state index contributed by atoms with van der Waals surface area (Å²) in [5.74, 6) is 0.769. The zero-order valence-electron chi connectivity index (χ0n) is 37.0. The summed E-state index contributed by atoms with van der Waals surface area (Å²) >= 11 is 0. The third kappa shape index (κ3) is 16.4. The zero-order chi connectivity index (χ0) is 44.4. The summed E-state index contributed by atoms with van der Waals surface area (Å²) in [6.07, 6.45) is 8.26. The second-order valence-corrected chi connectivity index (χ2v) is 17.2. The van der Waals surface area contributed by atoms with Gasteiger partial charge in [-0.15, -0.1) is 12.3 Å². The number of hydrogen-bond acceptors (Lipinski definition) is 8. The Labute approximate surface area is 362 Å². The number of allylic oxidation sites excluding steroid dienone is 1.